The van der Waals surface area contributed by atoms with Crippen molar-refractivity contribution < 1.29 is 9.47 Å². The third-order valence-corrected chi connectivity index (χ3v) is 9.35. The summed E-state index contributed by atoms with van der Waals surface area (Å²) < 4.78 is 12.2. The number of hydrogen-bond acceptors (Lipinski definition) is 2. The smallest absolute Gasteiger partial charge is 0.125 e. The molecule has 0 amide bonds. The van der Waals surface area contributed by atoms with Crippen molar-refractivity contribution in [2.45, 2.75) is 129 Å². The molecule has 4 saturated carbocycles. The fourth-order valence-electron chi connectivity index (χ4n) is 7.68. The molecule has 0 N–H and O–H groups in total. The maximum atomic E-state index is 6.18. The Labute approximate surface area is 222 Å². The van der Waals surface area contributed by atoms with Gasteiger partial charge >= 0.3 is 0 Å². The summed E-state index contributed by atoms with van der Waals surface area (Å²) in [5.41, 5.74) is 2.85. The zero-order valence-corrected chi connectivity index (χ0v) is 23.6. The molecule has 0 heterocycles. The van der Waals surface area contributed by atoms with E-state index in [2.05, 4.69) is 31.2 Å². The molecule has 0 atom stereocenters. The van der Waals surface area contributed by atoms with E-state index in [0.717, 1.165) is 48.2 Å². The molecule has 2 heteroatoms. The Morgan fingerprint density at radius 1 is 0.694 bits per heavy atom. The first-order valence-corrected chi connectivity index (χ1v) is 15.8. The number of hydrogen-bond donors (Lipinski definition) is 0. The van der Waals surface area contributed by atoms with Gasteiger partial charge in [-0.25, -0.2) is 0 Å². The zero-order valence-electron chi connectivity index (χ0n) is 23.6. The first-order chi connectivity index (χ1) is 17.8. The first kappa shape index (κ1) is 27.6. The molecule has 202 valence electrons. The van der Waals surface area contributed by atoms with Crippen molar-refractivity contribution in [3.8, 4) is 5.75 Å². The molecule has 5 rings (SSSR count). The lowest BCUT2D eigenvalue weighted by Crippen LogP contribution is -2.40. The van der Waals surface area contributed by atoms with Gasteiger partial charge in [0.15, 0.2) is 0 Å². The fraction of sp³-hybridized carbons (Fsp3) is 0.765. The van der Waals surface area contributed by atoms with Crippen LogP contribution in [0.5, 0.6) is 5.75 Å². The largest absolute Gasteiger partial charge is 0.496 e. The molecule has 4 fully saturated rings. The van der Waals surface area contributed by atoms with Crippen LogP contribution in [0.4, 0.5) is 0 Å². The minimum absolute atomic E-state index is 0.760. The molecule has 0 unspecified atom stereocenters. The van der Waals surface area contributed by atoms with Gasteiger partial charge in [0.2, 0.25) is 0 Å². The van der Waals surface area contributed by atoms with Gasteiger partial charge in [-0.3, -0.25) is 0 Å². The predicted octanol–water partition coefficient (Wildman–Crippen LogP) is 10.4. The summed E-state index contributed by atoms with van der Waals surface area (Å²) in [5, 5.41) is 0. The third kappa shape index (κ3) is 8.03. The Morgan fingerprint density at radius 3 is 1.75 bits per heavy atom. The van der Waals surface area contributed by atoms with Crippen LogP contribution in [0.2, 0.25) is 0 Å². The summed E-state index contributed by atoms with van der Waals surface area (Å²) in [4.78, 5) is 0. The van der Waals surface area contributed by atoms with Crippen LogP contribution in [0.1, 0.15) is 134 Å². The Balaban J connectivity index is 1.10. The van der Waals surface area contributed by atoms with Crippen LogP contribution in [0.3, 0.4) is 0 Å². The summed E-state index contributed by atoms with van der Waals surface area (Å²) in [6.45, 7) is 3.12. The predicted molar refractivity (Wildman–Crippen MR) is 153 cm³/mol. The van der Waals surface area contributed by atoms with Crippen LogP contribution in [0, 0.1) is 23.7 Å². The highest BCUT2D eigenvalue weighted by Crippen LogP contribution is 2.58. The molecule has 0 saturated heterocycles. The van der Waals surface area contributed by atoms with Gasteiger partial charge in [-0.2, -0.15) is 0 Å². The second-order valence-electron chi connectivity index (χ2n) is 12.3. The molecule has 1 aromatic carbocycles. The molecule has 4 aliphatic carbocycles. The fourth-order valence-corrected chi connectivity index (χ4v) is 7.68. The number of unbranched alkanes of at least 4 members (excludes halogenated alkanes) is 13. The molecule has 0 spiro atoms. The Morgan fingerprint density at radius 2 is 1.22 bits per heavy atom. The van der Waals surface area contributed by atoms with Gasteiger partial charge in [-0.15, -0.1) is 0 Å². The van der Waals surface area contributed by atoms with E-state index >= 15 is 0 Å². The SMILES string of the molecule is CCCCCCCCCCCCCCCCOc1cccc(C(OC)=C2C3CC4CC(C3)CC2C4)c1. The molecule has 2 nitrogen and oxygen atoms in total. The van der Waals surface area contributed by atoms with E-state index in [4.69, 9.17) is 9.47 Å². The van der Waals surface area contributed by atoms with Crippen LogP contribution < -0.4 is 4.74 Å². The van der Waals surface area contributed by atoms with E-state index < -0.39 is 0 Å². The lowest BCUT2D eigenvalue weighted by Gasteiger charge is -2.51. The van der Waals surface area contributed by atoms with Gasteiger partial charge in [0.25, 0.3) is 0 Å². The number of ether oxygens (including phenoxy) is 2. The van der Waals surface area contributed by atoms with Crippen LogP contribution in [0.25, 0.3) is 5.76 Å². The van der Waals surface area contributed by atoms with Crippen molar-refractivity contribution in [2.24, 2.45) is 23.7 Å². The first-order valence-electron chi connectivity index (χ1n) is 15.8. The molecule has 0 aliphatic heterocycles. The lowest BCUT2D eigenvalue weighted by molar-refractivity contribution is 0.0675. The van der Waals surface area contributed by atoms with Gasteiger partial charge in [0.1, 0.15) is 11.5 Å². The summed E-state index contributed by atoms with van der Waals surface area (Å²) in [6.07, 6.45) is 26.6. The second kappa shape index (κ2) is 15.1. The summed E-state index contributed by atoms with van der Waals surface area (Å²) >= 11 is 0. The average Bonchev–Trinajstić information content (AvgIpc) is 2.88. The van der Waals surface area contributed by atoms with Crippen LogP contribution in [-0.4, -0.2) is 13.7 Å². The normalized spacial score (nSPS) is 24.3. The Hall–Kier alpha value is -1.44. The highest BCUT2D eigenvalue weighted by molar-refractivity contribution is 5.66. The van der Waals surface area contributed by atoms with Crippen molar-refractivity contribution in [1.82, 2.24) is 0 Å². The van der Waals surface area contributed by atoms with Crippen LogP contribution in [-0.2, 0) is 4.74 Å². The molecule has 1 aromatic rings. The maximum absolute atomic E-state index is 6.18. The lowest BCUT2D eigenvalue weighted by atomic mass is 9.54. The highest BCUT2D eigenvalue weighted by atomic mass is 16.5. The van der Waals surface area contributed by atoms with Gasteiger partial charge < -0.3 is 9.47 Å². The zero-order chi connectivity index (χ0) is 25.0. The van der Waals surface area contributed by atoms with E-state index in [1.807, 2.05) is 7.11 Å². The molecule has 0 radical (unpaired) electrons. The Bertz CT molecular complexity index is 764. The number of rotatable bonds is 18. The summed E-state index contributed by atoms with van der Waals surface area (Å²) in [6, 6.07) is 8.70. The molecule has 0 aromatic heterocycles. The Kier molecular flexibility index (Phi) is 11.6. The van der Waals surface area contributed by atoms with E-state index in [-0.39, 0.29) is 0 Å². The van der Waals surface area contributed by atoms with E-state index in [1.54, 1.807) is 5.57 Å². The second-order valence-corrected chi connectivity index (χ2v) is 12.3. The molecular formula is C34H54O2. The van der Waals surface area contributed by atoms with Gasteiger partial charge in [0.05, 0.1) is 13.7 Å². The molecule has 4 bridgehead atoms. The van der Waals surface area contributed by atoms with E-state index in [9.17, 15) is 0 Å². The standard InChI is InChI=1S/C34H54O2/c1-3-4-5-6-7-8-9-10-11-12-13-14-15-16-20-36-32-19-17-18-29(26-32)34(35-2)33-30-22-27-21-28(24-30)25-31(33)23-27/h17-19,26-28,30-31H,3-16,20-25H2,1-2H3. The van der Waals surface area contributed by atoms with Crippen molar-refractivity contribution in [2.75, 3.05) is 13.7 Å². The average molecular weight is 495 g/mol. The quantitative estimate of drug-likeness (QED) is 0.149. The van der Waals surface area contributed by atoms with E-state index in [1.165, 1.54) is 121 Å². The van der Waals surface area contributed by atoms with Crippen molar-refractivity contribution >= 4 is 5.76 Å². The van der Waals surface area contributed by atoms with Gasteiger partial charge in [-0.05, 0) is 79.9 Å². The van der Waals surface area contributed by atoms with Crippen LogP contribution >= 0.6 is 0 Å². The molecule has 4 aliphatic rings. The van der Waals surface area contributed by atoms with E-state index in [0.29, 0.717) is 0 Å². The summed E-state index contributed by atoms with van der Waals surface area (Å²) in [5.74, 6) is 5.64. The third-order valence-electron chi connectivity index (χ3n) is 9.35. The van der Waals surface area contributed by atoms with Crippen molar-refractivity contribution in [3.05, 3.63) is 35.4 Å². The number of allylic oxidation sites excluding steroid dienone is 1. The maximum Gasteiger partial charge on any atom is 0.125 e. The van der Waals surface area contributed by atoms with Gasteiger partial charge in [-0.1, -0.05) is 103 Å². The summed E-state index contributed by atoms with van der Waals surface area (Å²) in [7, 11) is 1.87. The van der Waals surface area contributed by atoms with Crippen molar-refractivity contribution in [1.29, 1.82) is 0 Å². The monoisotopic (exact) mass is 494 g/mol. The molecule has 36 heavy (non-hydrogen) atoms. The van der Waals surface area contributed by atoms with Gasteiger partial charge in [0, 0.05) is 5.56 Å². The minimum atomic E-state index is 0.760. The number of methoxy groups -OCH3 is 1. The van der Waals surface area contributed by atoms with Crippen molar-refractivity contribution in [3.63, 3.8) is 0 Å². The minimum Gasteiger partial charge on any atom is -0.496 e. The topological polar surface area (TPSA) is 18.5 Å². The van der Waals surface area contributed by atoms with Crippen LogP contribution in [0.15, 0.2) is 29.8 Å². The number of benzene rings is 1. The molecular weight excluding hydrogens is 440 g/mol. The highest BCUT2D eigenvalue weighted by Gasteiger charge is 2.46.